The summed E-state index contributed by atoms with van der Waals surface area (Å²) in [5, 5.41) is 0. The van der Waals surface area contributed by atoms with E-state index in [0.717, 1.165) is 29.8 Å². The molecule has 4 heteroatoms. The average Bonchev–Trinajstić information content (AvgIpc) is 2.71. The largest absolute Gasteiger partial charge is 0.486 e. The summed E-state index contributed by atoms with van der Waals surface area (Å²) in [5.41, 5.74) is 8.78. The monoisotopic (exact) mass is 269 g/mol. The van der Waals surface area contributed by atoms with E-state index in [1.165, 1.54) is 5.56 Å². The van der Waals surface area contributed by atoms with Gasteiger partial charge in [0.15, 0.2) is 5.82 Å². The van der Waals surface area contributed by atoms with Crippen LogP contribution >= 0.6 is 0 Å². The number of anilines is 1. The quantitative estimate of drug-likeness (QED) is 0.910. The number of nitrogens with two attached hydrogens (primary N) is 1. The fourth-order valence-corrected chi connectivity index (χ4v) is 2.61. The molecule has 0 amide bonds. The average molecular weight is 269 g/mol. The number of benzene rings is 1. The first-order valence-corrected chi connectivity index (χ1v) is 6.93. The maximum absolute atomic E-state index is 6.07. The minimum Gasteiger partial charge on any atom is -0.486 e. The van der Waals surface area contributed by atoms with Crippen LogP contribution in [0.1, 0.15) is 32.0 Å². The number of hydrogen-bond acceptors (Lipinski definition) is 4. The third-order valence-corrected chi connectivity index (χ3v) is 3.49. The van der Waals surface area contributed by atoms with Gasteiger partial charge in [-0.15, -0.1) is 0 Å². The molecule has 0 radical (unpaired) electrons. The van der Waals surface area contributed by atoms with Gasteiger partial charge in [0.25, 0.3) is 0 Å². The van der Waals surface area contributed by atoms with E-state index in [0.29, 0.717) is 11.6 Å². The van der Waals surface area contributed by atoms with Gasteiger partial charge < -0.3 is 10.5 Å². The lowest BCUT2D eigenvalue weighted by Crippen LogP contribution is -2.24. The van der Waals surface area contributed by atoms with Crippen molar-refractivity contribution in [3.63, 3.8) is 0 Å². The zero-order chi connectivity index (χ0) is 14.3. The number of nitrogen functional groups attached to an aromatic ring is 1. The Balaban J connectivity index is 2.13. The summed E-state index contributed by atoms with van der Waals surface area (Å²) in [6.07, 6.45) is 1.74. The van der Waals surface area contributed by atoms with Gasteiger partial charge in [0.05, 0.1) is 5.56 Å². The summed E-state index contributed by atoms with van der Waals surface area (Å²) in [7, 11) is 0. The van der Waals surface area contributed by atoms with E-state index in [1.807, 2.05) is 18.2 Å². The van der Waals surface area contributed by atoms with Gasteiger partial charge in [-0.1, -0.05) is 19.1 Å². The topological polar surface area (TPSA) is 61.0 Å². The smallest absolute Gasteiger partial charge is 0.165 e. The number of aromatic nitrogens is 2. The molecule has 104 valence electrons. The molecule has 0 spiro atoms. The first kappa shape index (κ1) is 12.9. The van der Waals surface area contributed by atoms with Crippen molar-refractivity contribution in [2.24, 2.45) is 0 Å². The number of para-hydroxylation sites is 1. The van der Waals surface area contributed by atoms with E-state index in [9.17, 15) is 0 Å². The maximum atomic E-state index is 6.07. The molecule has 2 heterocycles. The summed E-state index contributed by atoms with van der Waals surface area (Å²) in [4.78, 5) is 8.94. The van der Waals surface area contributed by atoms with Crippen molar-refractivity contribution in [1.29, 1.82) is 0 Å². The molecule has 2 N–H and O–H groups in total. The Labute approximate surface area is 119 Å². The summed E-state index contributed by atoms with van der Waals surface area (Å²) in [5.74, 6) is 2.04. The van der Waals surface area contributed by atoms with Crippen molar-refractivity contribution in [2.45, 2.75) is 39.2 Å². The lowest BCUT2D eigenvalue weighted by Gasteiger charge is -2.18. The van der Waals surface area contributed by atoms with Crippen molar-refractivity contribution < 1.29 is 4.74 Å². The van der Waals surface area contributed by atoms with Crippen LogP contribution in [0.3, 0.4) is 0 Å². The first-order valence-electron chi connectivity index (χ1n) is 6.93. The third kappa shape index (κ3) is 2.22. The fourth-order valence-electron chi connectivity index (χ4n) is 2.61. The van der Waals surface area contributed by atoms with E-state index in [4.69, 9.17) is 10.5 Å². The Morgan fingerprint density at radius 1 is 1.30 bits per heavy atom. The predicted molar refractivity (Wildman–Crippen MR) is 79.7 cm³/mol. The van der Waals surface area contributed by atoms with Crippen molar-refractivity contribution in [2.75, 3.05) is 5.73 Å². The normalized spacial score (nSPS) is 15.8. The van der Waals surface area contributed by atoms with Crippen LogP contribution in [0, 0.1) is 0 Å². The molecule has 0 aliphatic carbocycles. The van der Waals surface area contributed by atoms with Gasteiger partial charge in [-0.2, -0.15) is 0 Å². The highest BCUT2D eigenvalue weighted by atomic mass is 16.5. The molecule has 0 unspecified atom stereocenters. The Morgan fingerprint density at radius 3 is 2.85 bits per heavy atom. The first-order chi connectivity index (χ1) is 9.48. The molecule has 3 rings (SSSR count). The van der Waals surface area contributed by atoms with E-state index in [2.05, 4.69) is 36.8 Å². The van der Waals surface area contributed by atoms with E-state index < -0.39 is 0 Å². The fraction of sp³-hybridized carbons (Fsp3) is 0.375. The Morgan fingerprint density at radius 2 is 2.10 bits per heavy atom. The molecule has 20 heavy (non-hydrogen) atoms. The van der Waals surface area contributed by atoms with Crippen LogP contribution in [0.15, 0.2) is 24.3 Å². The van der Waals surface area contributed by atoms with E-state index >= 15 is 0 Å². The summed E-state index contributed by atoms with van der Waals surface area (Å²) in [6.45, 7) is 6.24. The van der Waals surface area contributed by atoms with E-state index in [1.54, 1.807) is 0 Å². The van der Waals surface area contributed by atoms with Crippen molar-refractivity contribution >= 4 is 5.82 Å². The van der Waals surface area contributed by atoms with Gasteiger partial charge in [0.1, 0.15) is 17.2 Å². The molecule has 2 aromatic rings. The molecule has 1 aromatic heterocycles. The number of nitrogens with zero attached hydrogens (tertiary/aromatic N) is 2. The number of rotatable bonds is 2. The highest BCUT2D eigenvalue weighted by Crippen LogP contribution is 2.41. The minimum absolute atomic E-state index is 0.174. The Kier molecular flexibility index (Phi) is 2.89. The van der Waals surface area contributed by atoms with Gasteiger partial charge in [0, 0.05) is 18.2 Å². The summed E-state index contributed by atoms with van der Waals surface area (Å²) >= 11 is 0. The second-order valence-electron chi connectivity index (χ2n) is 5.79. The number of hydrogen-bond donors (Lipinski definition) is 1. The summed E-state index contributed by atoms with van der Waals surface area (Å²) < 4.78 is 6.07. The van der Waals surface area contributed by atoms with Crippen molar-refractivity contribution in [3.05, 3.63) is 35.5 Å². The van der Waals surface area contributed by atoms with Gasteiger partial charge >= 0.3 is 0 Å². The van der Waals surface area contributed by atoms with Gasteiger partial charge in [-0.25, -0.2) is 9.97 Å². The molecule has 4 nitrogen and oxygen atoms in total. The van der Waals surface area contributed by atoms with Crippen LogP contribution in [0.25, 0.3) is 11.4 Å². The minimum atomic E-state index is -0.174. The maximum Gasteiger partial charge on any atom is 0.165 e. The highest BCUT2D eigenvalue weighted by molar-refractivity contribution is 5.69. The SMILES string of the molecule is CCc1cc(N)nc(-c2cccc3c2OC(C)(C)C3)n1. The molecular formula is C16H19N3O. The lowest BCUT2D eigenvalue weighted by molar-refractivity contribution is 0.139. The van der Waals surface area contributed by atoms with Crippen molar-refractivity contribution in [3.8, 4) is 17.1 Å². The highest BCUT2D eigenvalue weighted by Gasteiger charge is 2.32. The molecule has 1 aromatic carbocycles. The Hall–Kier alpha value is -2.10. The van der Waals surface area contributed by atoms with Gasteiger partial charge in [-0.05, 0) is 31.9 Å². The zero-order valence-electron chi connectivity index (χ0n) is 12.1. The predicted octanol–water partition coefficient (Wildman–Crippen LogP) is 3.00. The second kappa shape index (κ2) is 4.47. The molecule has 1 aliphatic rings. The standard InChI is InChI=1S/C16H19N3O/c1-4-11-8-13(17)19-15(18-11)12-7-5-6-10-9-16(2,3)20-14(10)12/h5-8H,4,9H2,1-3H3,(H2,17,18,19). The number of aryl methyl sites for hydroxylation is 1. The van der Waals surface area contributed by atoms with Crippen LogP contribution < -0.4 is 10.5 Å². The van der Waals surface area contributed by atoms with Crippen LogP contribution in [-0.2, 0) is 12.8 Å². The van der Waals surface area contributed by atoms with E-state index in [-0.39, 0.29) is 5.60 Å². The molecule has 0 saturated carbocycles. The van der Waals surface area contributed by atoms with Crippen LogP contribution in [0.5, 0.6) is 5.75 Å². The molecule has 0 atom stereocenters. The molecular weight excluding hydrogens is 250 g/mol. The third-order valence-electron chi connectivity index (χ3n) is 3.49. The summed E-state index contributed by atoms with van der Waals surface area (Å²) in [6, 6.07) is 7.93. The number of fused-ring (bicyclic) bond motifs is 1. The molecule has 1 aliphatic heterocycles. The lowest BCUT2D eigenvalue weighted by atomic mass is 10.0. The van der Waals surface area contributed by atoms with Gasteiger partial charge in [-0.3, -0.25) is 0 Å². The molecule has 0 fully saturated rings. The zero-order valence-corrected chi connectivity index (χ0v) is 12.1. The van der Waals surface area contributed by atoms with Crippen molar-refractivity contribution in [1.82, 2.24) is 9.97 Å². The number of ether oxygens (including phenoxy) is 1. The molecule has 0 saturated heterocycles. The second-order valence-corrected chi connectivity index (χ2v) is 5.79. The van der Waals surface area contributed by atoms with Crippen LogP contribution in [0.4, 0.5) is 5.82 Å². The Bertz CT molecular complexity index is 665. The van der Waals surface area contributed by atoms with Crippen LogP contribution in [-0.4, -0.2) is 15.6 Å². The molecule has 0 bridgehead atoms. The van der Waals surface area contributed by atoms with Crippen LogP contribution in [0.2, 0.25) is 0 Å². The van der Waals surface area contributed by atoms with Gasteiger partial charge in [0.2, 0.25) is 0 Å².